The van der Waals surface area contributed by atoms with E-state index in [0.29, 0.717) is 27.0 Å². The lowest BCUT2D eigenvalue weighted by Crippen LogP contribution is -2.14. The Morgan fingerprint density at radius 1 is 1.12 bits per heavy atom. The largest absolute Gasteiger partial charge is 0.465 e. The number of methoxy groups -OCH3 is 1. The summed E-state index contributed by atoms with van der Waals surface area (Å²) in [6.45, 7) is 0. The van der Waals surface area contributed by atoms with E-state index >= 15 is 0 Å². The quantitative estimate of drug-likeness (QED) is 0.737. The van der Waals surface area contributed by atoms with Crippen LogP contribution in [-0.2, 0) is 15.3 Å². The van der Waals surface area contributed by atoms with Gasteiger partial charge in [-0.2, -0.15) is 0 Å². The number of halogens is 2. The van der Waals surface area contributed by atoms with Crippen LogP contribution in [0.4, 0.5) is 5.69 Å². The standard InChI is InChI=1S/C17H15Cl2NO3S/c1-23-17(22)12-3-2-4-13(8-12)20-16(21)10-24-9-11-5-6-14(18)15(19)7-11/h2-8H,9-10H2,1H3,(H,20,21). The number of thioether (sulfide) groups is 1. The minimum absolute atomic E-state index is 0.151. The van der Waals surface area contributed by atoms with E-state index in [1.54, 1.807) is 36.4 Å². The van der Waals surface area contributed by atoms with Gasteiger partial charge in [-0.15, -0.1) is 11.8 Å². The van der Waals surface area contributed by atoms with Crippen LogP contribution in [0.3, 0.4) is 0 Å². The van der Waals surface area contributed by atoms with E-state index in [0.717, 1.165) is 5.56 Å². The monoisotopic (exact) mass is 383 g/mol. The highest BCUT2D eigenvalue weighted by molar-refractivity contribution is 7.99. The Labute approximate surface area is 154 Å². The Kier molecular flexibility index (Phi) is 6.97. The lowest BCUT2D eigenvalue weighted by atomic mass is 10.2. The van der Waals surface area contributed by atoms with Gasteiger partial charge >= 0.3 is 5.97 Å². The highest BCUT2D eigenvalue weighted by atomic mass is 35.5. The molecule has 0 aliphatic heterocycles. The lowest BCUT2D eigenvalue weighted by molar-refractivity contribution is -0.113. The molecule has 0 saturated heterocycles. The summed E-state index contributed by atoms with van der Waals surface area (Å²) < 4.78 is 4.65. The highest BCUT2D eigenvalue weighted by Crippen LogP contribution is 2.24. The maximum absolute atomic E-state index is 12.0. The van der Waals surface area contributed by atoms with E-state index < -0.39 is 5.97 Å². The number of hydrogen-bond donors (Lipinski definition) is 1. The normalized spacial score (nSPS) is 10.3. The number of anilines is 1. The van der Waals surface area contributed by atoms with Crippen LogP contribution in [-0.4, -0.2) is 24.7 Å². The van der Waals surface area contributed by atoms with E-state index in [1.807, 2.05) is 6.07 Å². The summed E-state index contributed by atoms with van der Waals surface area (Å²) in [6, 6.07) is 12.0. The van der Waals surface area contributed by atoms with Crippen LogP contribution < -0.4 is 5.32 Å². The van der Waals surface area contributed by atoms with Crippen molar-refractivity contribution in [2.24, 2.45) is 0 Å². The summed E-state index contributed by atoms with van der Waals surface area (Å²) >= 11 is 13.3. The van der Waals surface area contributed by atoms with Gasteiger partial charge in [-0.1, -0.05) is 35.3 Å². The van der Waals surface area contributed by atoms with Crippen molar-refractivity contribution in [3.8, 4) is 0 Å². The Bertz CT molecular complexity index is 752. The summed E-state index contributed by atoms with van der Waals surface area (Å²) in [5.41, 5.74) is 1.94. The molecule has 0 saturated carbocycles. The summed E-state index contributed by atoms with van der Waals surface area (Å²) in [7, 11) is 1.31. The number of benzene rings is 2. The van der Waals surface area contributed by atoms with Crippen LogP contribution in [0.2, 0.25) is 10.0 Å². The predicted octanol–water partition coefficient (Wildman–Crippen LogP) is 4.65. The minimum atomic E-state index is -0.444. The zero-order valence-electron chi connectivity index (χ0n) is 12.8. The number of nitrogens with one attached hydrogen (secondary N) is 1. The van der Waals surface area contributed by atoms with Gasteiger partial charge in [0, 0.05) is 11.4 Å². The van der Waals surface area contributed by atoms with E-state index in [1.165, 1.54) is 18.9 Å². The van der Waals surface area contributed by atoms with Gasteiger partial charge in [0.05, 0.1) is 28.5 Å². The van der Waals surface area contributed by atoms with Crippen LogP contribution in [0.15, 0.2) is 42.5 Å². The fourth-order valence-electron chi connectivity index (χ4n) is 1.93. The van der Waals surface area contributed by atoms with Crippen molar-refractivity contribution in [1.82, 2.24) is 0 Å². The molecule has 2 aromatic carbocycles. The highest BCUT2D eigenvalue weighted by Gasteiger charge is 2.08. The Balaban J connectivity index is 1.85. The molecule has 7 heteroatoms. The molecular formula is C17H15Cl2NO3S. The van der Waals surface area contributed by atoms with E-state index in [-0.39, 0.29) is 11.7 Å². The van der Waals surface area contributed by atoms with E-state index in [9.17, 15) is 9.59 Å². The number of hydrogen-bond acceptors (Lipinski definition) is 4. The number of rotatable bonds is 6. The SMILES string of the molecule is COC(=O)c1cccc(NC(=O)CSCc2ccc(Cl)c(Cl)c2)c1. The summed E-state index contributed by atoms with van der Waals surface area (Å²) in [4.78, 5) is 23.5. The fraction of sp³-hybridized carbons (Fsp3) is 0.176. The molecule has 2 rings (SSSR count). The Morgan fingerprint density at radius 2 is 1.92 bits per heavy atom. The molecule has 126 valence electrons. The van der Waals surface area contributed by atoms with Gasteiger partial charge in [-0.3, -0.25) is 4.79 Å². The first kappa shape index (κ1) is 18.6. The third kappa shape index (κ3) is 5.44. The smallest absolute Gasteiger partial charge is 0.337 e. The van der Waals surface area contributed by atoms with Gasteiger partial charge in [0.1, 0.15) is 0 Å². The van der Waals surface area contributed by atoms with Gasteiger partial charge in [0.25, 0.3) is 0 Å². The van der Waals surface area contributed by atoms with Gasteiger partial charge in [-0.05, 0) is 35.9 Å². The number of esters is 1. The average Bonchev–Trinajstić information content (AvgIpc) is 2.57. The molecule has 1 amide bonds. The van der Waals surface area contributed by atoms with Crippen molar-refractivity contribution in [3.05, 3.63) is 63.6 Å². The average molecular weight is 384 g/mol. The molecule has 24 heavy (non-hydrogen) atoms. The number of ether oxygens (including phenoxy) is 1. The predicted molar refractivity (Wildman–Crippen MR) is 99.0 cm³/mol. The second kappa shape index (κ2) is 8.97. The van der Waals surface area contributed by atoms with Crippen molar-refractivity contribution >= 4 is 52.5 Å². The van der Waals surface area contributed by atoms with Crippen molar-refractivity contribution in [3.63, 3.8) is 0 Å². The van der Waals surface area contributed by atoms with Crippen LogP contribution in [0.25, 0.3) is 0 Å². The fourth-order valence-corrected chi connectivity index (χ4v) is 3.03. The molecule has 0 atom stereocenters. The van der Waals surface area contributed by atoms with Crippen LogP contribution >= 0.6 is 35.0 Å². The molecule has 4 nitrogen and oxygen atoms in total. The molecule has 0 heterocycles. The number of amides is 1. The number of carbonyl (C=O) groups excluding carboxylic acids is 2. The lowest BCUT2D eigenvalue weighted by Gasteiger charge is -2.07. The molecular weight excluding hydrogens is 369 g/mol. The first-order chi connectivity index (χ1) is 11.5. The topological polar surface area (TPSA) is 55.4 Å². The zero-order valence-corrected chi connectivity index (χ0v) is 15.2. The second-order valence-corrected chi connectivity index (χ2v) is 6.66. The van der Waals surface area contributed by atoms with Gasteiger partial charge < -0.3 is 10.1 Å². The Morgan fingerprint density at radius 3 is 2.62 bits per heavy atom. The van der Waals surface area contributed by atoms with Crippen molar-refractivity contribution in [2.45, 2.75) is 5.75 Å². The molecule has 0 spiro atoms. The molecule has 0 aliphatic rings. The first-order valence-electron chi connectivity index (χ1n) is 6.99. The molecule has 0 fully saturated rings. The molecule has 0 aromatic heterocycles. The molecule has 0 unspecified atom stereocenters. The van der Waals surface area contributed by atoms with Gasteiger partial charge in [0.15, 0.2) is 0 Å². The summed E-state index contributed by atoms with van der Waals surface area (Å²) in [5, 5.41) is 3.76. The zero-order chi connectivity index (χ0) is 17.5. The van der Waals surface area contributed by atoms with Gasteiger partial charge in [-0.25, -0.2) is 4.79 Å². The maximum atomic E-state index is 12.0. The van der Waals surface area contributed by atoms with Crippen molar-refractivity contribution in [2.75, 3.05) is 18.2 Å². The molecule has 2 aromatic rings. The third-order valence-corrected chi connectivity index (χ3v) is 4.80. The Hall–Kier alpha value is -1.69. The second-order valence-electron chi connectivity index (χ2n) is 4.86. The molecule has 0 aliphatic carbocycles. The van der Waals surface area contributed by atoms with Gasteiger partial charge in [0.2, 0.25) is 5.91 Å². The van der Waals surface area contributed by atoms with Crippen LogP contribution in [0.1, 0.15) is 15.9 Å². The van der Waals surface area contributed by atoms with Crippen LogP contribution in [0, 0.1) is 0 Å². The molecule has 0 bridgehead atoms. The summed E-state index contributed by atoms with van der Waals surface area (Å²) in [5.74, 6) is 0.331. The number of carbonyl (C=O) groups is 2. The molecule has 1 N–H and O–H groups in total. The summed E-state index contributed by atoms with van der Waals surface area (Å²) in [6.07, 6.45) is 0. The first-order valence-corrected chi connectivity index (χ1v) is 8.90. The molecule has 0 radical (unpaired) electrons. The van der Waals surface area contributed by atoms with E-state index in [2.05, 4.69) is 10.1 Å². The minimum Gasteiger partial charge on any atom is -0.465 e. The third-order valence-electron chi connectivity index (χ3n) is 3.05. The van der Waals surface area contributed by atoms with Crippen LogP contribution in [0.5, 0.6) is 0 Å². The maximum Gasteiger partial charge on any atom is 0.337 e. The van der Waals surface area contributed by atoms with Crippen molar-refractivity contribution < 1.29 is 14.3 Å². The van der Waals surface area contributed by atoms with E-state index in [4.69, 9.17) is 23.2 Å². The van der Waals surface area contributed by atoms with Crippen molar-refractivity contribution in [1.29, 1.82) is 0 Å².